The zero-order valence-electron chi connectivity index (χ0n) is 11.9. The summed E-state index contributed by atoms with van der Waals surface area (Å²) in [5, 5.41) is 3.93. The van der Waals surface area contributed by atoms with Crippen LogP contribution in [0.3, 0.4) is 0 Å². The molecule has 1 aromatic carbocycles. The molecule has 0 atom stereocenters. The predicted octanol–water partition coefficient (Wildman–Crippen LogP) is 0.972. The molecule has 0 bridgehead atoms. The smallest absolute Gasteiger partial charge is 0.246 e. The maximum Gasteiger partial charge on any atom is 0.246 e. The normalized spacial score (nSPS) is 11.5. The van der Waals surface area contributed by atoms with E-state index in [1.807, 2.05) is 6.92 Å². The van der Waals surface area contributed by atoms with Crippen LogP contribution < -0.4 is 15.2 Å². The van der Waals surface area contributed by atoms with E-state index in [-0.39, 0.29) is 17.3 Å². The molecule has 7 nitrogen and oxygen atoms in total. The van der Waals surface area contributed by atoms with Crippen LogP contribution in [0.25, 0.3) is 0 Å². The first-order valence-corrected chi connectivity index (χ1v) is 7.90. The van der Waals surface area contributed by atoms with E-state index in [2.05, 4.69) is 9.82 Å². The van der Waals surface area contributed by atoms with Crippen molar-refractivity contribution in [3.63, 3.8) is 0 Å². The number of aromatic nitrogens is 2. The van der Waals surface area contributed by atoms with Gasteiger partial charge >= 0.3 is 0 Å². The third-order valence-electron chi connectivity index (χ3n) is 3.06. The fourth-order valence-electron chi connectivity index (χ4n) is 1.84. The number of nitrogens with zero attached hydrogens (tertiary/aromatic N) is 2. The Balaban J connectivity index is 2.11. The average molecular weight is 310 g/mol. The molecule has 0 saturated carbocycles. The van der Waals surface area contributed by atoms with Gasteiger partial charge in [0.1, 0.15) is 16.5 Å². The average Bonchev–Trinajstić information content (AvgIpc) is 2.87. The molecule has 3 N–H and O–H groups in total. The number of methoxy groups -OCH3 is 1. The Hall–Kier alpha value is -2.06. The minimum absolute atomic E-state index is 0.00198. The van der Waals surface area contributed by atoms with Gasteiger partial charge in [0, 0.05) is 13.1 Å². The van der Waals surface area contributed by atoms with Gasteiger partial charge in [-0.3, -0.25) is 0 Å². The first-order chi connectivity index (χ1) is 9.97. The fraction of sp³-hybridized carbons (Fsp3) is 0.308. The summed E-state index contributed by atoms with van der Waals surface area (Å²) in [4.78, 5) is -0.00198. The highest BCUT2D eigenvalue weighted by molar-refractivity contribution is 7.89. The molecule has 2 rings (SSSR count). The lowest BCUT2D eigenvalue weighted by molar-refractivity contribution is 0.414. The van der Waals surface area contributed by atoms with Gasteiger partial charge in [0.2, 0.25) is 10.0 Å². The second-order valence-electron chi connectivity index (χ2n) is 4.38. The molecular formula is C13H18N4O3S. The largest absolute Gasteiger partial charge is 0.497 e. The lowest BCUT2D eigenvalue weighted by Crippen LogP contribution is -2.24. The van der Waals surface area contributed by atoms with Crippen LogP contribution in [-0.4, -0.2) is 25.3 Å². The highest BCUT2D eigenvalue weighted by Crippen LogP contribution is 2.18. The van der Waals surface area contributed by atoms with Crippen LogP contribution in [0.2, 0.25) is 0 Å². The highest BCUT2D eigenvalue weighted by atomic mass is 32.2. The van der Waals surface area contributed by atoms with Crippen LogP contribution in [0.4, 0.5) is 5.82 Å². The maximum absolute atomic E-state index is 12.2. The Morgan fingerprint density at radius 3 is 2.52 bits per heavy atom. The Kier molecular flexibility index (Phi) is 4.49. The zero-order valence-corrected chi connectivity index (χ0v) is 12.7. The molecule has 0 fully saturated rings. The van der Waals surface area contributed by atoms with E-state index in [0.717, 1.165) is 11.3 Å². The van der Waals surface area contributed by atoms with Crippen molar-refractivity contribution in [1.29, 1.82) is 0 Å². The number of anilines is 1. The molecule has 0 aliphatic carbocycles. The zero-order chi connectivity index (χ0) is 15.5. The van der Waals surface area contributed by atoms with Crippen molar-refractivity contribution in [2.24, 2.45) is 0 Å². The van der Waals surface area contributed by atoms with Crippen molar-refractivity contribution < 1.29 is 13.2 Å². The van der Waals surface area contributed by atoms with Gasteiger partial charge in [-0.25, -0.2) is 17.8 Å². The summed E-state index contributed by atoms with van der Waals surface area (Å²) in [5.74, 6) is 0.856. The lowest BCUT2D eigenvalue weighted by Gasteiger charge is -2.07. The molecule has 0 spiro atoms. The summed E-state index contributed by atoms with van der Waals surface area (Å²) in [6, 6.07) is 7.13. The maximum atomic E-state index is 12.2. The molecule has 2 aromatic rings. The highest BCUT2D eigenvalue weighted by Gasteiger charge is 2.20. The van der Waals surface area contributed by atoms with Gasteiger partial charge in [-0.05, 0) is 24.6 Å². The molecular weight excluding hydrogens is 292 g/mol. The number of nitrogen functional groups attached to an aromatic ring is 1. The van der Waals surface area contributed by atoms with Gasteiger partial charge in [-0.1, -0.05) is 12.1 Å². The van der Waals surface area contributed by atoms with Crippen LogP contribution in [0.5, 0.6) is 5.75 Å². The van der Waals surface area contributed by atoms with Gasteiger partial charge in [0.25, 0.3) is 0 Å². The summed E-state index contributed by atoms with van der Waals surface area (Å²) in [6.45, 7) is 2.52. The molecule has 0 aliphatic heterocycles. The van der Waals surface area contributed by atoms with Crippen LogP contribution in [0.15, 0.2) is 35.4 Å². The summed E-state index contributed by atoms with van der Waals surface area (Å²) < 4.78 is 33.4. The monoisotopic (exact) mass is 310 g/mol. The van der Waals surface area contributed by atoms with E-state index in [1.165, 1.54) is 10.9 Å². The number of hydrogen-bond donors (Lipinski definition) is 2. The quantitative estimate of drug-likeness (QED) is 0.828. The van der Waals surface area contributed by atoms with Gasteiger partial charge in [-0.2, -0.15) is 5.10 Å². The number of benzene rings is 1. The first-order valence-electron chi connectivity index (χ1n) is 6.41. The molecule has 8 heteroatoms. The SMILES string of the molecule is CCn1ncc(S(=O)(=O)NCc2ccc(OC)cc2)c1N. The molecule has 0 saturated heterocycles. The second kappa shape index (κ2) is 6.15. The number of ether oxygens (including phenoxy) is 1. The van der Waals surface area contributed by atoms with Crippen LogP contribution >= 0.6 is 0 Å². The van der Waals surface area contributed by atoms with Gasteiger partial charge in [0.15, 0.2) is 0 Å². The van der Waals surface area contributed by atoms with Crippen molar-refractivity contribution in [3.05, 3.63) is 36.0 Å². The molecule has 0 radical (unpaired) electrons. The number of nitrogens with one attached hydrogen (secondary N) is 1. The van der Waals surface area contributed by atoms with E-state index in [9.17, 15) is 8.42 Å². The summed E-state index contributed by atoms with van der Waals surface area (Å²) in [6.07, 6.45) is 1.26. The molecule has 1 heterocycles. The van der Waals surface area contributed by atoms with E-state index in [0.29, 0.717) is 6.54 Å². The van der Waals surface area contributed by atoms with Crippen molar-refractivity contribution in [2.75, 3.05) is 12.8 Å². The van der Waals surface area contributed by atoms with E-state index in [1.54, 1.807) is 31.4 Å². The van der Waals surface area contributed by atoms with Gasteiger partial charge < -0.3 is 10.5 Å². The minimum Gasteiger partial charge on any atom is -0.497 e. The molecule has 114 valence electrons. The number of nitrogens with two attached hydrogens (primary N) is 1. The Morgan fingerprint density at radius 2 is 2.00 bits per heavy atom. The van der Waals surface area contributed by atoms with Crippen molar-refractivity contribution in [2.45, 2.75) is 24.9 Å². The van der Waals surface area contributed by atoms with Gasteiger partial charge in [0.05, 0.1) is 13.3 Å². The van der Waals surface area contributed by atoms with Gasteiger partial charge in [-0.15, -0.1) is 0 Å². The van der Waals surface area contributed by atoms with Crippen LogP contribution in [0.1, 0.15) is 12.5 Å². The number of aryl methyl sites for hydroxylation is 1. The molecule has 0 amide bonds. The minimum atomic E-state index is -3.68. The van der Waals surface area contributed by atoms with Crippen molar-refractivity contribution in [1.82, 2.24) is 14.5 Å². The van der Waals surface area contributed by atoms with E-state index >= 15 is 0 Å². The third kappa shape index (κ3) is 3.34. The van der Waals surface area contributed by atoms with Crippen molar-refractivity contribution in [3.8, 4) is 5.75 Å². The van der Waals surface area contributed by atoms with Crippen LogP contribution in [-0.2, 0) is 23.1 Å². The number of sulfonamides is 1. The standard InChI is InChI=1S/C13H18N4O3S/c1-3-17-13(14)12(9-15-17)21(18,19)16-8-10-4-6-11(20-2)7-5-10/h4-7,9,16H,3,8,14H2,1-2H3. The Bertz CT molecular complexity index is 708. The lowest BCUT2D eigenvalue weighted by atomic mass is 10.2. The number of hydrogen-bond acceptors (Lipinski definition) is 5. The summed E-state index contributed by atoms with van der Waals surface area (Å²) in [7, 11) is -2.11. The summed E-state index contributed by atoms with van der Waals surface area (Å²) >= 11 is 0. The number of rotatable bonds is 6. The topological polar surface area (TPSA) is 99.2 Å². The Morgan fingerprint density at radius 1 is 1.33 bits per heavy atom. The second-order valence-corrected chi connectivity index (χ2v) is 6.12. The molecule has 0 aliphatic rings. The Labute approximate surface area is 123 Å². The molecule has 21 heavy (non-hydrogen) atoms. The summed E-state index contributed by atoms with van der Waals surface area (Å²) in [5.41, 5.74) is 6.59. The third-order valence-corrected chi connectivity index (χ3v) is 4.48. The van der Waals surface area contributed by atoms with Crippen molar-refractivity contribution >= 4 is 15.8 Å². The molecule has 1 aromatic heterocycles. The predicted molar refractivity (Wildman–Crippen MR) is 79.3 cm³/mol. The first kappa shape index (κ1) is 15.3. The van der Waals surface area contributed by atoms with E-state index < -0.39 is 10.0 Å². The van der Waals surface area contributed by atoms with E-state index in [4.69, 9.17) is 10.5 Å². The fourth-order valence-corrected chi connectivity index (χ4v) is 2.91. The van der Waals surface area contributed by atoms with Crippen LogP contribution in [0, 0.1) is 0 Å². The molecule has 0 unspecified atom stereocenters.